The normalized spacial score (nSPS) is 12.5. The zero-order valence-corrected chi connectivity index (χ0v) is 9.05. The van der Waals surface area contributed by atoms with Gasteiger partial charge in [0.2, 0.25) is 0 Å². The quantitative estimate of drug-likeness (QED) is 0.535. The lowest BCUT2D eigenvalue weighted by atomic mass is 10.1. The van der Waals surface area contributed by atoms with Gasteiger partial charge in [0.15, 0.2) is 13.8 Å². The van der Waals surface area contributed by atoms with Crippen LogP contribution in [0.25, 0.3) is 0 Å². The van der Waals surface area contributed by atoms with Gasteiger partial charge in [0.05, 0.1) is 0 Å². The fourth-order valence-corrected chi connectivity index (χ4v) is 2.67. The standard InChI is InChI=1S/C10H13O2P/c1-7-4-8(2)10(9(3)5-7)13(12)6-11/h4-6,13H,1-3H3. The summed E-state index contributed by atoms with van der Waals surface area (Å²) in [5.41, 5.74) is 3.04. The van der Waals surface area contributed by atoms with Crippen molar-refractivity contribution < 1.29 is 9.36 Å². The van der Waals surface area contributed by atoms with E-state index in [1.807, 2.05) is 32.9 Å². The van der Waals surface area contributed by atoms with Gasteiger partial charge in [-0.25, -0.2) is 0 Å². The van der Waals surface area contributed by atoms with Crippen LogP contribution in [0.15, 0.2) is 12.1 Å². The van der Waals surface area contributed by atoms with Gasteiger partial charge in [0, 0.05) is 5.30 Å². The number of benzene rings is 1. The summed E-state index contributed by atoms with van der Waals surface area (Å²) >= 11 is 0. The number of rotatable bonds is 2. The Morgan fingerprint density at radius 1 is 1.15 bits per heavy atom. The zero-order chi connectivity index (χ0) is 10.0. The van der Waals surface area contributed by atoms with E-state index < -0.39 is 7.80 Å². The van der Waals surface area contributed by atoms with Crippen LogP contribution in [0.5, 0.6) is 0 Å². The molecule has 1 aromatic carbocycles. The fraction of sp³-hybridized carbons (Fsp3) is 0.300. The Hall–Kier alpha value is -0.880. The Morgan fingerprint density at radius 3 is 2.00 bits per heavy atom. The van der Waals surface area contributed by atoms with Crippen molar-refractivity contribution in [1.29, 1.82) is 0 Å². The average molecular weight is 196 g/mol. The minimum atomic E-state index is -2.21. The van der Waals surface area contributed by atoms with E-state index in [0.29, 0.717) is 6.03 Å². The second kappa shape index (κ2) is 3.89. The molecule has 0 N–H and O–H groups in total. The SMILES string of the molecule is Cc1cc(C)c([PH](=O)C=O)c(C)c1. The molecule has 0 aliphatic rings. The first kappa shape index (κ1) is 10.2. The molecule has 0 spiro atoms. The molecule has 0 amide bonds. The third-order valence-electron chi connectivity index (χ3n) is 2.03. The molecule has 3 heteroatoms. The van der Waals surface area contributed by atoms with E-state index in [9.17, 15) is 9.36 Å². The predicted octanol–water partition coefficient (Wildman–Crippen LogP) is 1.99. The van der Waals surface area contributed by atoms with Gasteiger partial charge in [0.25, 0.3) is 0 Å². The van der Waals surface area contributed by atoms with Gasteiger partial charge in [-0.1, -0.05) is 17.7 Å². The van der Waals surface area contributed by atoms with E-state index in [0.717, 1.165) is 22.0 Å². The first-order valence-corrected chi connectivity index (χ1v) is 5.62. The Bertz CT molecular complexity index is 346. The Balaban J connectivity index is 3.36. The second-order valence-corrected chi connectivity index (χ2v) is 4.72. The molecule has 0 saturated carbocycles. The maximum Gasteiger partial charge on any atom is 0.180 e. The van der Waals surface area contributed by atoms with Crippen LogP contribution in [0, 0.1) is 20.8 Å². The number of carbonyl (C=O) groups excluding carboxylic acids is 1. The highest BCUT2D eigenvalue weighted by Crippen LogP contribution is 2.21. The predicted molar refractivity (Wildman–Crippen MR) is 56.0 cm³/mol. The van der Waals surface area contributed by atoms with Gasteiger partial charge in [-0.2, -0.15) is 0 Å². The minimum absolute atomic E-state index is 0.551. The summed E-state index contributed by atoms with van der Waals surface area (Å²) in [7, 11) is -2.21. The van der Waals surface area contributed by atoms with Crippen molar-refractivity contribution in [2.45, 2.75) is 20.8 Å². The Labute approximate surface area is 78.8 Å². The smallest absolute Gasteiger partial charge is 0.180 e. The van der Waals surface area contributed by atoms with E-state index in [1.165, 1.54) is 0 Å². The molecule has 70 valence electrons. The number of hydrogen-bond acceptors (Lipinski definition) is 2. The van der Waals surface area contributed by atoms with Crippen molar-refractivity contribution in [3.63, 3.8) is 0 Å². The van der Waals surface area contributed by atoms with Crippen molar-refractivity contribution in [3.05, 3.63) is 28.8 Å². The van der Waals surface area contributed by atoms with Crippen LogP contribution in [0.2, 0.25) is 0 Å². The van der Waals surface area contributed by atoms with Crippen molar-refractivity contribution in [2.24, 2.45) is 0 Å². The van der Waals surface area contributed by atoms with Gasteiger partial charge in [-0.3, -0.25) is 4.79 Å². The van der Waals surface area contributed by atoms with Crippen molar-refractivity contribution in [1.82, 2.24) is 0 Å². The number of carbonyl (C=O) groups is 1. The van der Waals surface area contributed by atoms with Gasteiger partial charge in [-0.15, -0.1) is 0 Å². The molecule has 1 rings (SSSR count). The molecule has 2 nitrogen and oxygen atoms in total. The molecule has 0 aliphatic carbocycles. The molecule has 13 heavy (non-hydrogen) atoms. The van der Waals surface area contributed by atoms with Crippen molar-refractivity contribution in [3.8, 4) is 0 Å². The van der Waals surface area contributed by atoms with E-state index in [4.69, 9.17) is 0 Å². The highest BCUT2D eigenvalue weighted by molar-refractivity contribution is 7.68. The summed E-state index contributed by atoms with van der Waals surface area (Å²) in [5.74, 6) is 0. The summed E-state index contributed by atoms with van der Waals surface area (Å²) in [6.07, 6.45) is 0. The largest absolute Gasteiger partial charge is 0.314 e. The van der Waals surface area contributed by atoms with E-state index in [1.54, 1.807) is 0 Å². The molecule has 0 aromatic heterocycles. The topological polar surface area (TPSA) is 34.1 Å². The number of aryl methyl sites for hydroxylation is 3. The molecular formula is C10H13O2P. The lowest BCUT2D eigenvalue weighted by Gasteiger charge is -2.07. The molecule has 0 saturated heterocycles. The van der Waals surface area contributed by atoms with Crippen molar-refractivity contribution in [2.75, 3.05) is 0 Å². The molecule has 1 unspecified atom stereocenters. The van der Waals surface area contributed by atoms with Crippen molar-refractivity contribution >= 4 is 19.1 Å². The number of hydrogen-bond donors (Lipinski definition) is 0. The van der Waals surface area contributed by atoms with Crippen LogP contribution in [-0.4, -0.2) is 6.03 Å². The van der Waals surface area contributed by atoms with E-state index >= 15 is 0 Å². The van der Waals surface area contributed by atoms with E-state index in [2.05, 4.69) is 0 Å². The van der Waals surface area contributed by atoms with Gasteiger partial charge >= 0.3 is 0 Å². The minimum Gasteiger partial charge on any atom is -0.314 e. The molecular weight excluding hydrogens is 183 g/mol. The molecule has 1 aromatic rings. The van der Waals surface area contributed by atoms with Crippen LogP contribution < -0.4 is 5.30 Å². The monoisotopic (exact) mass is 196 g/mol. The molecule has 0 aliphatic heterocycles. The lowest BCUT2D eigenvalue weighted by Crippen LogP contribution is -2.07. The molecule has 1 atom stereocenters. The maximum atomic E-state index is 11.4. The average Bonchev–Trinajstić information content (AvgIpc) is 2.02. The highest BCUT2D eigenvalue weighted by Gasteiger charge is 2.09. The fourth-order valence-electron chi connectivity index (χ4n) is 1.63. The third-order valence-corrected chi connectivity index (χ3v) is 3.53. The summed E-state index contributed by atoms with van der Waals surface area (Å²) in [6.45, 7) is 5.77. The molecule has 0 radical (unpaired) electrons. The summed E-state index contributed by atoms with van der Waals surface area (Å²) in [5, 5.41) is 0.727. The second-order valence-electron chi connectivity index (χ2n) is 3.26. The van der Waals surface area contributed by atoms with Crippen LogP contribution in [0.1, 0.15) is 16.7 Å². The van der Waals surface area contributed by atoms with Crippen LogP contribution in [-0.2, 0) is 9.36 Å². The maximum absolute atomic E-state index is 11.4. The molecule has 0 heterocycles. The van der Waals surface area contributed by atoms with Gasteiger partial charge in [0.1, 0.15) is 0 Å². The van der Waals surface area contributed by atoms with E-state index in [-0.39, 0.29) is 0 Å². The molecule has 0 bridgehead atoms. The Morgan fingerprint density at radius 2 is 1.62 bits per heavy atom. The van der Waals surface area contributed by atoms with Crippen LogP contribution in [0.3, 0.4) is 0 Å². The van der Waals surface area contributed by atoms with Gasteiger partial charge < -0.3 is 4.57 Å². The first-order valence-electron chi connectivity index (χ1n) is 4.13. The Kier molecular flexibility index (Phi) is 3.05. The zero-order valence-electron chi connectivity index (χ0n) is 8.05. The first-order chi connectivity index (χ1) is 6.06. The van der Waals surface area contributed by atoms with Gasteiger partial charge in [-0.05, 0) is 31.9 Å². The van der Waals surface area contributed by atoms with Crippen LogP contribution in [0.4, 0.5) is 0 Å². The molecule has 0 fully saturated rings. The lowest BCUT2D eigenvalue weighted by molar-refractivity contribution is 0.560. The van der Waals surface area contributed by atoms with Crippen LogP contribution >= 0.6 is 7.80 Å². The third kappa shape index (κ3) is 2.07. The highest BCUT2D eigenvalue weighted by atomic mass is 31.1. The summed E-state index contributed by atoms with van der Waals surface area (Å²) < 4.78 is 11.4. The summed E-state index contributed by atoms with van der Waals surface area (Å²) in [4.78, 5) is 10.4. The summed E-state index contributed by atoms with van der Waals surface area (Å²) in [6, 6.07) is 4.46.